The van der Waals surface area contributed by atoms with Crippen molar-refractivity contribution in [1.29, 1.82) is 0 Å². The molecule has 7 nitrogen and oxygen atoms in total. The Labute approximate surface area is 190 Å². The van der Waals surface area contributed by atoms with Gasteiger partial charge in [-0.1, -0.05) is 31.9 Å². The number of nitrogens with zero attached hydrogens (tertiary/aromatic N) is 1. The lowest BCUT2D eigenvalue weighted by atomic mass is 9.81. The molecule has 3 aliphatic rings. The molecule has 1 saturated heterocycles. The fourth-order valence-electron chi connectivity index (χ4n) is 4.91. The van der Waals surface area contributed by atoms with Crippen LogP contribution in [0.25, 0.3) is 0 Å². The molecule has 2 bridgehead atoms. The van der Waals surface area contributed by atoms with Gasteiger partial charge in [-0.05, 0) is 42.5 Å². The van der Waals surface area contributed by atoms with Crippen LogP contribution in [0.15, 0.2) is 24.3 Å². The van der Waals surface area contributed by atoms with Crippen LogP contribution < -0.4 is 4.74 Å². The van der Waals surface area contributed by atoms with Gasteiger partial charge in [0, 0.05) is 21.8 Å². The van der Waals surface area contributed by atoms with Gasteiger partial charge < -0.3 is 9.47 Å². The zero-order valence-electron chi connectivity index (χ0n) is 16.3. The number of halogens is 2. The molecule has 1 aliphatic heterocycles. The maximum Gasteiger partial charge on any atom is 0.308 e. The Hall–Kier alpha value is -1.74. The number of likely N-dealkylation sites (tertiary alicyclic amines) is 1. The first-order valence-corrected chi connectivity index (χ1v) is 11.6. The van der Waals surface area contributed by atoms with Crippen molar-refractivity contribution in [2.24, 2.45) is 23.7 Å². The highest BCUT2D eigenvalue weighted by Crippen LogP contribution is 2.60. The van der Waals surface area contributed by atoms with Crippen molar-refractivity contribution < 1.29 is 28.7 Å². The van der Waals surface area contributed by atoms with E-state index >= 15 is 0 Å². The normalized spacial score (nSPS) is 31.8. The van der Waals surface area contributed by atoms with Crippen molar-refractivity contribution in [2.45, 2.75) is 22.5 Å². The van der Waals surface area contributed by atoms with Crippen molar-refractivity contribution >= 4 is 55.4 Å². The van der Waals surface area contributed by atoms with E-state index in [1.165, 1.54) is 12.0 Å². The van der Waals surface area contributed by atoms with E-state index in [1.54, 1.807) is 24.3 Å². The molecule has 0 radical (unpaired) electrons. The van der Waals surface area contributed by atoms with Crippen LogP contribution in [0, 0.1) is 23.7 Å². The van der Waals surface area contributed by atoms with E-state index < -0.39 is 5.97 Å². The minimum atomic E-state index is -0.616. The molecule has 4 rings (SSSR count). The van der Waals surface area contributed by atoms with Gasteiger partial charge in [-0.3, -0.25) is 24.1 Å². The van der Waals surface area contributed by atoms with Gasteiger partial charge >= 0.3 is 5.97 Å². The zero-order chi connectivity index (χ0) is 21.6. The average Bonchev–Trinajstić information content (AvgIpc) is 3.35. The van der Waals surface area contributed by atoms with Gasteiger partial charge in [-0.2, -0.15) is 0 Å². The van der Waals surface area contributed by atoms with Crippen LogP contribution in [0.3, 0.4) is 0 Å². The Morgan fingerprint density at radius 3 is 2.13 bits per heavy atom. The van der Waals surface area contributed by atoms with Crippen molar-refractivity contribution in [3.63, 3.8) is 0 Å². The number of fused-ring (bicyclic) bond motifs is 5. The largest absolute Gasteiger partial charge is 0.497 e. The predicted molar refractivity (Wildman–Crippen MR) is 114 cm³/mol. The second-order valence-corrected chi connectivity index (χ2v) is 10.0. The summed E-state index contributed by atoms with van der Waals surface area (Å²) in [4.78, 5) is 51.4. The summed E-state index contributed by atoms with van der Waals surface area (Å²) < 4.78 is 10.1. The predicted octanol–water partition coefficient (Wildman–Crippen LogP) is 2.59. The first-order chi connectivity index (χ1) is 14.3. The van der Waals surface area contributed by atoms with Gasteiger partial charge in [-0.15, -0.1) is 0 Å². The Morgan fingerprint density at radius 2 is 1.60 bits per heavy atom. The summed E-state index contributed by atoms with van der Waals surface area (Å²) in [5, 5.41) is 0. The lowest BCUT2D eigenvalue weighted by Gasteiger charge is -2.28. The van der Waals surface area contributed by atoms with Crippen molar-refractivity contribution in [3.05, 3.63) is 29.8 Å². The maximum absolute atomic E-state index is 12.8. The fraction of sp³-hybridized carbons (Fsp3) is 0.524. The van der Waals surface area contributed by atoms with E-state index in [-0.39, 0.29) is 70.5 Å². The fourth-order valence-corrected chi connectivity index (χ4v) is 6.79. The van der Waals surface area contributed by atoms with Crippen LogP contribution in [0.1, 0.15) is 23.2 Å². The van der Waals surface area contributed by atoms with Crippen molar-refractivity contribution in [2.75, 3.05) is 20.3 Å². The molecule has 1 heterocycles. The highest BCUT2D eigenvalue weighted by Gasteiger charge is 2.66. The standard InChI is InChI=1S/C21H21Br2NO6/c1-29-11-4-2-10(3-5-11)14(25)9-30-15(26)6-7-24-20(27)16-12-8-13(17(16)21(24)28)19(23)18(12)22/h2-5,12-13,16-19H,6-9H2,1H3/t12-,13-,16-,17+,18+,19+/m1/s1. The number of carbonyl (C=O) groups excluding carboxylic acids is 4. The van der Waals surface area contributed by atoms with Crippen molar-refractivity contribution in [3.8, 4) is 5.75 Å². The first-order valence-electron chi connectivity index (χ1n) is 9.79. The summed E-state index contributed by atoms with van der Waals surface area (Å²) in [6.45, 7) is -0.404. The summed E-state index contributed by atoms with van der Waals surface area (Å²) >= 11 is 7.29. The first kappa shape index (κ1) is 21.5. The number of esters is 1. The Bertz CT molecular complexity index is 856. The molecule has 0 spiro atoms. The number of Topliss-reactive ketones (excluding diaryl/α,β-unsaturated/α-hetero) is 1. The van der Waals surface area contributed by atoms with Crippen LogP contribution in [-0.2, 0) is 19.1 Å². The molecule has 2 saturated carbocycles. The number of alkyl halides is 2. The summed E-state index contributed by atoms with van der Waals surface area (Å²) in [7, 11) is 1.53. The minimum absolute atomic E-state index is 0.0143. The smallest absolute Gasteiger partial charge is 0.308 e. The average molecular weight is 543 g/mol. The molecule has 3 fully saturated rings. The minimum Gasteiger partial charge on any atom is -0.497 e. The van der Waals surface area contributed by atoms with E-state index in [1.807, 2.05) is 0 Å². The van der Waals surface area contributed by atoms with E-state index in [9.17, 15) is 19.2 Å². The third kappa shape index (κ3) is 3.60. The van der Waals surface area contributed by atoms with Crippen LogP contribution >= 0.6 is 31.9 Å². The molecule has 2 aliphatic carbocycles. The number of hydrogen-bond donors (Lipinski definition) is 0. The van der Waals surface area contributed by atoms with Gasteiger partial charge in [0.05, 0.1) is 25.4 Å². The van der Waals surface area contributed by atoms with Crippen LogP contribution in [-0.4, -0.2) is 58.4 Å². The Balaban J connectivity index is 1.28. The molecule has 30 heavy (non-hydrogen) atoms. The lowest BCUT2D eigenvalue weighted by molar-refractivity contribution is -0.145. The quantitative estimate of drug-likeness (QED) is 0.228. The molecule has 1 aromatic rings. The van der Waals surface area contributed by atoms with Crippen LogP contribution in [0.5, 0.6) is 5.75 Å². The van der Waals surface area contributed by atoms with Gasteiger partial charge in [-0.25, -0.2) is 0 Å². The molecular formula is C21H21Br2NO6. The molecule has 6 atom stereocenters. The molecule has 2 amide bonds. The highest BCUT2D eigenvalue weighted by atomic mass is 79.9. The van der Waals surface area contributed by atoms with E-state index in [0.29, 0.717) is 11.3 Å². The number of carbonyl (C=O) groups is 4. The lowest BCUT2D eigenvalue weighted by Crippen LogP contribution is -2.37. The van der Waals surface area contributed by atoms with Gasteiger partial charge in [0.1, 0.15) is 5.75 Å². The van der Waals surface area contributed by atoms with E-state index in [2.05, 4.69) is 31.9 Å². The third-order valence-corrected chi connectivity index (χ3v) is 9.60. The molecular weight excluding hydrogens is 522 g/mol. The van der Waals surface area contributed by atoms with Gasteiger partial charge in [0.2, 0.25) is 11.8 Å². The SMILES string of the molecule is COc1ccc(C(=O)COC(=O)CCN2C(=O)[C@@H]3[C@H]4C[C@@H]([C@H](Br)[C@H]4Br)[C@@H]3C2=O)cc1. The van der Waals surface area contributed by atoms with Crippen LogP contribution in [0.4, 0.5) is 0 Å². The summed E-state index contributed by atoms with van der Waals surface area (Å²) in [6, 6.07) is 6.49. The van der Waals surface area contributed by atoms with Crippen molar-refractivity contribution in [1.82, 2.24) is 4.90 Å². The number of amides is 2. The summed E-state index contributed by atoms with van der Waals surface area (Å²) in [5.74, 6) is -1.03. The van der Waals surface area contributed by atoms with Gasteiger partial charge in [0.25, 0.3) is 0 Å². The Kier molecular flexibility index (Phi) is 6.03. The monoisotopic (exact) mass is 541 g/mol. The molecule has 160 valence electrons. The number of imide groups is 1. The third-order valence-electron chi connectivity index (χ3n) is 6.39. The molecule has 0 unspecified atom stereocenters. The second-order valence-electron chi connectivity index (χ2n) is 7.89. The number of benzene rings is 1. The van der Waals surface area contributed by atoms with Crippen LogP contribution in [0.2, 0.25) is 0 Å². The second kappa shape index (κ2) is 8.42. The molecule has 9 heteroatoms. The number of methoxy groups -OCH3 is 1. The summed E-state index contributed by atoms with van der Waals surface area (Å²) in [5.41, 5.74) is 0.408. The summed E-state index contributed by atoms with van der Waals surface area (Å²) in [6.07, 6.45) is 0.736. The topological polar surface area (TPSA) is 90.0 Å². The van der Waals surface area contributed by atoms with E-state index in [0.717, 1.165) is 6.42 Å². The number of rotatable bonds is 7. The Morgan fingerprint density at radius 1 is 1.03 bits per heavy atom. The zero-order valence-corrected chi connectivity index (χ0v) is 19.4. The highest BCUT2D eigenvalue weighted by molar-refractivity contribution is 9.12. The number of hydrogen-bond acceptors (Lipinski definition) is 6. The molecule has 0 aromatic heterocycles. The number of ether oxygens (including phenoxy) is 2. The number of ketones is 1. The van der Waals surface area contributed by atoms with E-state index in [4.69, 9.17) is 9.47 Å². The molecule has 0 N–H and O–H groups in total. The van der Waals surface area contributed by atoms with Gasteiger partial charge in [0.15, 0.2) is 12.4 Å². The molecule has 1 aromatic carbocycles. The maximum atomic E-state index is 12.8.